The second kappa shape index (κ2) is 6.18. The van der Waals surface area contributed by atoms with Gasteiger partial charge in [0.15, 0.2) is 0 Å². The average Bonchev–Trinajstić information content (AvgIpc) is 2.37. The van der Waals surface area contributed by atoms with E-state index in [1.54, 1.807) is 18.7 Å². The number of nitrogens with one attached hydrogen (secondary N) is 1. The number of rotatable bonds is 3. The summed E-state index contributed by atoms with van der Waals surface area (Å²) >= 11 is 0. The zero-order valence-corrected chi connectivity index (χ0v) is 11.5. The van der Waals surface area contributed by atoms with Crippen LogP contribution in [0.2, 0.25) is 0 Å². The molecular formula is C13H24N2O3. The van der Waals surface area contributed by atoms with Crippen LogP contribution in [0.3, 0.4) is 0 Å². The molecule has 0 saturated carbocycles. The van der Waals surface area contributed by atoms with Crippen molar-refractivity contribution in [2.45, 2.75) is 58.0 Å². The number of carbonyl (C=O) groups excluding carboxylic acids is 2. The molecule has 5 nitrogen and oxygen atoms in total. The minimum atomic E-state index is -0.760. The second-order valence-corrected chi connectivity index (χ2v) is 5.55. The van der Waals surface area contributed by atoms with E-state index in [0.717, 1.165) is 25.7 Å². The van der Waals surface area contributed by atoms with Crippen LogP contribution >= 0.6 is 0 Å². The minimum absolute atomic E-state index is 0.175. The first-order valence-corrected chi connectivity index (χ1v) is 6.65. The maximum atomic E-state index is 12.1. The molecule has 1 fully saturated rings. The summed E-state index contributed by atoms with van der Waals surface area (Å²) in [4.78, 5) is 25.6. The van der Waals surface area contributed by atoms with E-state index in [9.17, 15) is 9.59 Å². The first kappa shape index (κ1) is 15.0. The highest BCUT2D eigenvalue weighted by molar-refractivity contribution is 6.35. The van der Waals surface area contributed by atoms with Crippen molar-refractivity contribution in [2.24, 2.45) is 0 Å². The number of aliphatic hydroxyl groups excluding tert-OH is 1. The summed E-state index contributed by atoms with van der Waals surface area (Å²) in [6, 6.07) is 0.175. The van der Waals surface area contributed by atoms with Gasteiger partial charge in [-0.3, -0.25) is 9.59 Å². The molecule has 2 N–H and O–H groups in total. The maximum absolute atomic E-state index is 12.1. The molecule has 5 heteroatoms. The molecule has 0 aliphatic carbocycles. The lowest BCUT2D eigenvalue weighted by Crippen LogP contribution is -2.55. The average molecular weight is 256 g/mol. The molecular weight excluding hydrogens is 232 g/mol. The van der Waals surface area contributed by atoms with Crippen LogP contribution in [0.1, 0.15) is 46.5 Å². The van der Waals surface area contributed by atoms with Gasteiger partial charge in [0.05, 0.1) is 12.1 Å². The Morgan fingerprint density at radius 2 is 2.06 bits per heavy atom. The molecule has 1 atom stereocenters. The number of carbonyl (C=O) groups is 2. The van der Waals surface area contributed by atoms with E-state index in [4.69, 9.17) is 5.11 Å². The van der Waals surface area contributed by atoms with Gasteiger partial charge >= 0.3 is 11.8 Å². The Hall–Kier alpha value is -1.10. The van der Waals surface area contributed by atoms with Crippen LogP contribution in [-0.2, 0) is 9.59 Å². The molecule has 0 aromatic carbocycles. The van der Waals surface area contributed by atoms with E-state index in [1.165, 1.54) is 0 Å². The Bertz CT molecular complexity index is 315. The molecule has 0 aromatic heterocycles. The quantitative estimate of drug-likeness (QED) is 0.729. The fraction of sp³-hybridized carbons (Fsp3) is 0.846. The van der Waals surface area contributed by atoms with Crippen LogP contribution in [0.4, 0.5) is 0 Å². The van der Waals surface area contributed by atoms with E-state index in [0.29, 0.717) is 6.54 Å². The molecule has 2 amide bonds. The van der Waals surface area contributed by atoms with Crippen LogP contribution in [0, 0.1) is 0 Å². The highest BCUT2D eigenvalue weighted by Crippen LogP contribution is 2.19. The summed E-state index contributed by atoms with van der Waals surface area (Å²) in [5.74, 6) is -1.09. The van der Waals surface area contributed by atoms with Crippen LogP contribution in [0.5, 0.6) is 0 Å². The van der Waals surface area contributed by atoms with Gasteiger partial charge in [-0.15, -0.1) is 0 Å². The van der Waals surface area contributed by atoms with Gasteiger partial charge in [0.25, 0.3) is 0 Å². The van der Waals surface area contributed by atoms with Crippen molar-refractivity contribution in [3.05, 3.63) is 0 Å². The fourth-order valence-electron chi connectivity index (χ4n) is 2.22. The lowest BCUT2D eigenvalue weighted by Gasteiger charge is -2.35. The van der Waals surface area contributed by atoms with E-state index in [2.05, 4.69) is 5.32 Å². The third-order valence-electron chi connectivity index (χ3n) is 3.40. The molecule has 104 valence electrons. The highest BCUT2D eigenvalue weighted by Gasteiger charge is 2.32. The first-order valence-electron chi connectivity index (χ1n) is 6.65. The summed E-state index contributed by atoms with van der Waals surface area (Å²) in [5.41, 5.74) is -0.760. The van der Waals surface area contributed by atoms with Crippen molar-refractivity contribution in [1.29, 1.82) is 0 Å². The van der Waals surface area contributed by atoms with Gasteiger partial charge < -0.3 is 15.3 Å². The lowest BCUT2D eigenvalue weighted by atomic mass is 9.99. The molecule has 1 heterocycles. The smallest absolute Gasteiger partial charge is 0.312 e. The summed E-state index contributed by atoms with van der Waals surface area (Å²) in [6.07, 6.45) is 3.92. The Labute approximate surface area is 109 Å². The van der Waals surface area contributed by atoms with Gasteiger partial charge in [0.2, 0.25) is 0 Å². The first-order chi connectivity index (χ1) is 8.41. The summed E-state index contributed by atoms with van der Waals surface area (Å²) in [6.45, 7) is 5.87. The van der Waals surface area contributed by atoms with Crippen molar-refractivity contribution < 1.29 is 14.7 Å². The van der Waals surface area contributed by atoms with E-state index in [1.807, 2.05) is 6.92 Å². The number of amides is 2. The van der Waals surface area contributed by atoms with Crippen molar-refractivity contribution in [2.75, 3.05) is 13.2 Å². The molecule has 18 heavy (non-hydrogen) atoms. The maximum Gasteiger partial charge on any atom is 0.312 e. The number of aliphatic hydroxyl groups is 1. The number of likely N-dealkylation sites (tertiary alicyclic amines) is 1. The predicted molar refractivity (Wildman–Crippen MR) is 69.0 cm³/mol. The van der Waals surface area contributed by atoms with Gasteiger partial charge in [-0.05, 0) is 39.5 Å². The van der Waals surface area contributed by atoms with Crippen LogP contribution in [0.15, 0.2) is 0 Å². The molecule has 0 aromatic rings. The molecule has 1 aliphatic heterocycles. The Morgan fingerprint density at radius 3 is 2.61 bits per heavy atom. The monoisotopic (exact) mass is 256 g/mol. The number of piperidine rings is 1. The molecule has 1 aliphatic rings. The second-order valence-electron chi connectivity index (χ2n) is 5.55. The van der Waals surface area contributed by atoms with Crippen molar-refractivity contribution >= 4 is 11.8 Å². The minimum Gasteiger partial charge on any atom is -0.394 e. The van der Waals surface area contributed by atoms with Gasteiger partial charge in [0.1, 0.15) is 0 Å². The molecule has 1 rings (SSSR count). The molecule has 0 spiro atoms. The largest absolute Gasteiger partial charge is 0.394 e. The van der Waals surface area contributed by atoms with Crippen molar-refractivity contribution in [3.63, 3.8) is 0 Å². The number of nitrogens with zero attached hydrogens (tertiary/aromatic N) is 1. The van der Waals surface area contributed by atoms with Gasteiger partial charge in [-0.1, -0.05) is 6.92 Å². The standard InChI is InChI=1S/C13H24N2O3/c1-4-10-7-5-6-8-15(10)12(18)11(17)14-13(2,3)9-16/h10,16H,4-9H2,1-3H3,(H,14,17). The molecule has 0 radical (unpaired) electrons. The summed E-state index contributed by atoms with van der Waals surface area (Å²) in [7, 11) is 0. The zero-order chi connectivity index (χ0) is 13.8. The number of hydrogen-bond acceptors (Lipinski definition) is 3. The Morgan fingerprint density at radius 1 is 1.39 bits per heavy atom. The zero-order valence-electron chi connectivity index (χ0n) is 11.5. The lowest BCUT2D eigenvalue weighted by molar-refractivity contribution is -0.149. The number of hydrogen-bond donors (Lipinski definition) is 2. The molecule has 1 unspecified atom stereocenters. The van der Waals surface area contributed by atoms with Gasteiger partial charge in [-0.2, -0.15) is 0 Å². The normalized spacial score (nSPS) is 20.7. The van der Waals surface area contributed by atoms with E-state index < -0.39 is 17.4 Å². The SMILES string of the molecule is CCC1CCCCN1C(=O)C(=O)NC(C)(C)CO. The van der Waals surface area contributed by atoms with Gasteiger partial charge in [0, 0.05) is 12.6 Å². The van der Waals surface area contributed by atoms with Crippen molar-refractivity contribution in [3.8, 4) is 0 Å². The molecule has 1 saturated heterocycles. The fourth-order valence-corrected chi connectivity index (χ4v) is 2.22. The third-order valence-corrected chi connectivity index (χ3v) is 3.40. The van der Waals surface area contributed by atoms with E-state index >= 15 is 0 Å². The summed E-state index contributed by atoms with van der Waals surface area (Å²) in [5, 5.41) is 11.7. The van der Waals surface area contributed by atoms with Crippen LogP contribution in [0.25, 0.3) is 0 Å². The highest BCUT2D eigenvalue weighted by atomic mass is 16.3. The predicted octanol–water partition coefficient (Wildman–Crippen LogP) is 0.665. The van der Waals surface area contributed by atoms with Crippen LogP contribution in [-0.4, -0.2) is 46.6 Å². The Kier molecular flexibility index (Phi) is 5.14. The summed E-state index contributed by atoms with van der Waals surface area (Å²) < 4.78 is 0. The van der Waals surface area contributed by atoms with Crippen LogP contribution < -0.4 is 5.32 Å². The molecule has 0 bridgehead atoms. The van der Waals surface area contributed by atoms with Gasteiger partial charge in [-0.25, -0.2) is 0 Å². The third kappa shape index (κ3) is 3.70. The van der Waals surface area contributed by atoms with E-state index in [-0.39, 0.29) is 12.6 Å². The Balaban J connectivity index is 2.65. The van der Waals surface area contributed by atoms with Crippen molar-refractivity contribution in [1.82, 2.24) is 10.2 Å². The topological polar surface area (TPSA) is 69.6 Å².